The number of nitrogens with zero attached hydrogens (tertiary/aromatic N) is 2. The number of aldehydes is 1. The molecule has 3 nitrogen and oxygen atoms in total. The van der Waals surface area contributed by atoms with Crippen LogP contribution in [0.1, 0.15) is 6.92 Å². The summed E-state index contributed by atoms with van der Waals surface area (Å²) in [6.07, 6.45) is 2.74. The molecule has 1 heterocycles. The van der Waals surface area contributed by atoms with Crippen molar-refractivity contribution in [2.75, 3.05) is 11.6 Å². The lowest BCUT2D eigenvalue weighted by atomic mass is 10.1. The summed E-state index contributed by atoms with van der Waals surface area (Å²) in [5, 5.41) is 6.23. The van der Waals surface area contributed by atoms with Crippen molar-refractivity contribution in [3.63, 3.8) is 0 Å². The predicted molar refractivity (Wildman–Crippen MR) is 61.0 cm³/mol. The van der Waals surface area contributed by atoms with E-state index in [1.165, 1.54) is 0 Å². The zero-order valence-corrected chi connectivity index (χ0v) is 8.55. The number of para-hydroxylation sites is 1. The predicted octanol–water partition coefficient (Wildman–Crippen LogP) is 2.01. The van der Waals surface area contributed by atoms with Crippen LogP contribution in [0.4, 0.5) is 5.69 Å². The fourth-order valence-corrected chi connectivity index (χ4v) is 1.51. The minimum Gasteiger partial charge on any atom is -0.298 e. The molecule has 2 rings (SSSR count). The first kappa shape index (κ1) is 9.65. The molecule has 1 aromatic carbocycles. The minimum absolute atomic E-state index is 0.648. The highest BCUT2D eigenvalue weighted by Gasteiger charge is 2.11. The first-order chi connectivity index (χ1) is 7.31. The molecular formula is C12H12N2O. The van der Waals surface area contributed by atoms with Crippen LogP contribution in [0.15, 0.2) is 47.1 Å². The Morgan fingerprint density at radius 1 is 1.33 bits per heavy atom. The van der Waals surface area contributed by atoms with E-state index in [4.69, 9.17) is 0 Å². The molecule has 0 aromatic heterocycles. The molecule has 0 bridgehead atoms. The van der Waals surface area contributed by atoms with Gasteiger partial charge in [0, 0.05) is 5.57 Å². The van der Waals surface area contributed by atoms with E-state index in [0.29, 0.717) is 12.1 Å². The van der Waals surface area contributed by atoms with Gasteiger partial charge in [-0.05, 0) is 19.1 Å². The Morgan fingerprint density at radius 2 is 2.07 bits per heavy atom. The molecule has 0 radical (unpaired) electrons. The van der Waals surface area contributed by atoms with Gasteiger partial charge >= 0.3 is 0 Å². The molecule has 76 valence electrons. The van der Waals surface area contributed by atoms with E-state index in [1.54, 1.807) is 0 Å². The van der Waals surface area contributed by atoms with Crippen LogP contribution in [0.2, 0.25) is 0 Å². The topological polar surface area (TPSA) is 32.7 Å². The van der Waals surface area contributed by atoms with E-state index in [1.807, 2.05) is 48.3 Å². The SMILES string of the molecule is CC1=NN(c2ccccc2)CC=C1C=O. The van der Waals surface area contributed by atoms with Crippen LogP contribution < -0.4 is 5.01 Å². The Morgan fingerprint density at radius 3 is 2.67 bits per heavy atom. The van der Waals surface area contributed by atoms with Gasteiger partial charge in [-0.1, -0.05) is 24.3 Å². The lowest BCUT2D eigenvalue weighted by Gasteiger charge is -2.22. The normalized spacial score (nSPS) is 15.7. The highest BCUT2D eigenvalue weighted by atomic mass is 16.1. The lowest BCUT2D eigenvalue weighted by molar-refractivity contribution is -0.104. The fourth-order valence-electron chi connectivity index (χ4n) is 1.51. The standard InChI is InChI=1S/C12H12N2O/c1-10-11(9-15)7-8-14(13-10)12-5-3-2-4-6-12/h2-7,9H,8H2,1H3. The number of allylic oxidation sites excluding steroid dienone is 1. The summed E-state index contributed by atoms with van der Waals surface area (Å²) in [5.41, 5.74) is 2.49. The summed E-state index contributed by atoms with van der Waals surface area (Å²) in [5.74, 6) is 0. The molecule has 1 aliphatic rings. The smallest absolute Gasteiger partial charge is 0.151 e. The van der Waals surface area contributed by atoms with E-state index < -0.39 is 0 Å². The summed E-state index contributed by atoms with van der Waals surface area (Å²) >= 11 is 0. The molecular weight excluding hydrogens is 188 g/mol. The first-order valence-electron chi connectivity index (χ1n) is 4.85. The van der Waals surface area contributed by atoms with Gasteiger partial charge in [0.1, 0.15) is 0 Å². The quantitative estimate of drug-likeness (QED) is 0.684. The van der Waals surface area contributed by atoms with Gasteiger partial charge in [-0.25, -0.2) is 0 Å². The Kier molecular flexibility index (Phi) is 2.63. The largest absolute Gasteiger partial charge is 0.298 e. The van der Waals surface area contributed by atoms with Crippen LogP contribution in [0.25, 0.3) is 0 Å². The van der Waals surface area contributed by atoms with Crippen molar-refractivity contribution in [3.8, 4) is 0 Å². The van der Waals surface area contributed by atoms with Gasteiger partial charge in [0.25, 0.3) is 0 Å². The fraction of sp³-hybridized carbons (Fsp3) is 0.167. The van der Waals surface area contributed by atoms with Crippen LogP contribution in [0.3, 0.4) is 0 Å². The summed E-state index contributed by atoms with van der Waals surface area (Å²) in [6, 6.07) is 9.90. The molecule has 0 N–H and O–H groups in total. The van der Waals surface area contributed by atoms with E-state index in [9.17, 15) is 4.79 Å². The van der Waals surface area contributed by atoms with Gasteiger partial charge in [-0.2, -0.15) is 5.10 Å². The van der Waals surface area contributed by atoms with Gasteiger partial charge in [-0.15, -0.1) is 0 Å². The monoisotopic (exact) mass is 200 g/mol. The van der Waals surface area contributed by atoms with E-state index in [0.717, 1.165) is 17.7 Å². The third kappa shape index (κ3) is 1.96. The third-order valence-corrected chi connectivity index (χ3v) is 2.35. The Hall–Kier alpha value is -1.90. The number of hydrogen-bond acceptors (Lipinski definition) is 3. The van der Waals surface area contributed by atoms with Crippen molar-refractivity contribution in [1.29, 1.82) is 0 Å². The second-order valence-corrected chi connectivity index (χ2v) is 3.38. The van der Waals surface area contributed by atoms with Crippen LogP contribution in [-0.4, -0.2) is 18.5 Å². The van der Waals surface area contributed by atoms with Crippen LogP contribution >= 0.6 is 0 Å². The van der Waals surface area contributed by atoms with Crippen LogP contribution in [-0.2, 0) is 4.79 Å². The van der Waals surface area contributed by atoms with Gasteiger partial charge in [0.2, 0.25) is 0 Å². The zero-order chi connectivity index (χ0) is 10.7. The molecule has 15 heavy (non-hydrogen) atoms. The van der Waals surface area contributed by atoms with Crippen molar-refractivity contribution in [2.45, 2.75) is 6.92 Å². The van der Waals surface area contributed by atoms with Gasteiger partial charge in [0.05, 0.1) is 17.9 Å². The molecule has 0 saturated carbocycles. The highest BCUT2D eigenvalue weighted by molar-refractivity contribution is 6.14. The number of benzene rings is 1. The zero-order valence-electron chi connectivity index (χ0n) is 8.55. The summed E-state index contributed by atoms with van der Waals surface area (Å²) in [4.78, 5) is 10.6. The second-order valence-electron chi connectivity index (χ2n) is 3.38. The number of hydrogen-bond donors (Lipinski definition) is 0. The molecule has 0 aliphatic carbocycles. The van der Waals surface area contributed by atoms with Gasteiger partial charge < -0.3 is 0 Å². The average Bonchev–Trinajstić information content (AvgIpc) is 2.30. The van der Waals surface area contributed by atoms with Crippen molar-refractivity contribution < 1.29 is 4.79 Å². The van der Waals surface area contributed by atoms with Crippen molar-refractivity contribution >= 4 is 17.7 Å². The third-order valence-electron chi connectivity index (χ3n) is 2.35. The van der Waals surface area contributed by atoms with Crippen molar-refractivity contribution in [1.82, 2.24) is 0 Å². The molecule has 0 amide bonds. The first-order valence-corrected chi connectivity index (χ1v) is 4.85. The highest BCUT2D eigenvalue weighted by Crippen LogP contribution is 2.17. The number of rotatable bonds is 2. The summed E-state index contributed by atoms with van der Waals surface area (Å²) < 4.78 is 0. The van der Waals surface area contributed by atoms with Crippen molar-refractivity contribution in [3.05, 3.63) is 42.0 Å². The Balaban J connectivity index is 2.24. The molecule has 1 aliphatic heterocycles. The van der Waals surface area contributed by atoms with E-state index >= 15 is 0 Å². The van der Waals surface area contributed by atoms with Gasteiger partial charge in [0.15, 0.2) is 6.29 Å². The Labute approximate surface area is 88.7 Å². The van der Waals surface area contributed by atoms with E-state index in [-0.39, 0.29) is 0 Å². The summed E-state index contributed by atoms with van der Waals surface area (Å²) in [7, 11) is 0. The van der Waals surface area contributed by atoms with Crippen molar-refractivity contribution in [2.24, 2.45) is 5.10 Å². The Bertz CT molecular complexity index is 421. The number of anilines is 1. The maximum absolute atomic E-state index is 10.6. The average molecular weight is 200 g/mol. The van der Waals surface area contributed by atoms with Crippen LogP contribution in [0, 0.1) is 0 Å². The number of carbonyl (C=O) groups excluding carboxylic acids is 1. The molecule has 0 spiro atoms. The van der Waals surface area contributed by atoms with Crippen LogP contribution in [0.5, 0.6) is 0 Å². The maximum atomic E-state index is 10.6. The molecule has 1 aromatic rings. The number of hydrazone groups is 1. The lowest BCUT2D eigenvalue weighted by Crippen LogP contribution is -2.24. The summed E-state index contributed by atoms with van der Waals surface area (Å²) in [6.45, 7) is 2.49. The van der Waals surface area contributed by atoms with Gasteiger partial charge in [-0.3, -0.25) is 9.80 Å². The molecule has 0 unspecified atom stereocenters. The number of carbonyl (C=O) groups is 1. The molecule has 3 heteroatoms. The molecule has 0 fully saturated rings. The van der Waals surface area contributed by atoms with E-state index in [2.05, 4.69) is 5.10 Å². The minimum atomic E-state index is 0.648. The molecule has 0 saturated heterocycles. The maximum Gasteiger partial charge on any atom is 0.151 e. The molecule has 0 atom stereocenters. The second kappa shape index (κ2) is 4.09.